The number of methoxy groups -OCH3 is 1. The van der Waals surface area contributed by atoms with Gasteiger partial charge in [-0.15, -0.1) is 0 Å². The fourth-order valence-electron chi connectivity index (χ4n) is 2.14. The summed E-state index contributed by atoms with van der Waals surface area (Å²) in [6.45, 7) is 0.152. The SMILES string of the molecule is COc1ccc(NC(=O)C2COc3ccccc3O2)c(N)c1. The standard InChI is InChI=1S/C16H16N2O4/c1-20-10-6-7-12(11(17)8-10)18-16(19)15-9-21-13-4-2-3-5-14(13)22-15/h2-8,15H,9,17H2,1H3,(H,18,19). The van der Waals surface area contributed by atoms with Gasteiger partial charge in [-0.05, 0) is 24.3 Å². The number of nitrogen functional groups attached to an aromatic ring is 1. The number of fused-ring (bicyclic) bond motifs is 1. The zero-order valence-electron chi connectivity index (χ0n) is 12.0. The van der Waals surface area contributed by atoms with Crippen LogP contribution in [0.2, 0.25) is 0 Å². The minimum Gasteiger partial charge on any atom is -0.497 e. The number of benzene rings is 2. The molecule has 0 saturated carbocycles. The lowest BCUT2D eigenvalue weighted by molar-refractivity contribution is -0.125. The summed E-state index contributed by atoms with van der Waals surface area (Å²) in [7, 11) is 1.55. The van der Waals surface area contributed by atoms with Gasteiger partial charge in [0.15, 0.2) is 11.5 Å². The smallest absolute Gasteiger partial charge is 0.269 e. The number of ether oxygens (including phenoxy) is 3. The van der Waals surface area contributed by atoms with E-state index in [9.17, 15) is 4.79 Å². The lowest BCUT2D eigenvalue weighted by atomic mass is 10.2. The van der Waals surface area contributed by atoms with Crippen molar-refractivity contribution in [2.75, 3.05) is 24.8 Å². The highest BCUT2D eigenvalue weighted by Crippen LogP contribution is 2.31. The molecule has 1 amide bonds. The van der Waals surface area contributed by atoms with E-state index in [0.29, 0.717) is 28.6 Å². The normalized spacial score (nSPS) is 16.0. The molecule has 0 fully saturated rings. The largest absolute Gasteiger partial charge is 0.497 e. The number of nitrogens with one attached hydrogen (secondary N) is 1. The number of anilines is 2. The number of hydrogen-bond acceptors (Lipinski definition) is 5. The third-order valence-electron chi connectivity index (χ3n) is 3.32. The zero-order chi connectivity index (χ0) is 15.5. The second-order valence-electron chi connectivity index (χ2n) is 4.81. The molecule has 3 N–H and O–H groups in total. The lowest BCUT2D eigenvalue weighted by Gasteiger charge is -2.25. The van der Waals surface area contributed by atoms with Crippen LogP contribution in [0.5, 0.6) is 17.2 Å². The Bertz CT molecular complexity index is 702. The van der Waals surface area contributed by atoms with Gasteiger partial charge in [-0.25, -0.2) is 0 Å². The van der Waals surface area contributed by atoms with Gasteiger partial charge in [0.05, 0.1) is 18.5 Å². The minimum atomic E-state index is -0.726. The van der Waals surface area contributed by atoms with E-state index in [1.54, 1.807) is 37.4 Å². The molecule has 1 heterocycles. The van der Waals surface area contributed by atoms with Gasteiger partial charge in [-0.3, -0.25) is 4.79 Å². The van der Waals surface area contributed by atoms with Crippen molar-refractivity contribution in [2.24, 2.45) is 0 Å². The first kappa shape index (κ1) is 14.1. The summed E-state index contributed by atoms with van der Waals surface area (Å²) < 4.78 is 16.2. The molecule has 0 radical (unpaired) electrons. The van der Waals surface area contributed by atoms with E-state index in [0.717, 1.165) is 0 Å². The van der Waals surface area contributed by atoms with Crippen molar-refractivity contribution in [2.45, 2.75) is 6.10 Å². The molecule has 0 aromatic heterocycles. The summed E-state index contributed by atoms with van der Waals surface area (Å²) in [4.78, 5) is 12.3. The van der Waals surface area contributed by atoms with Crippen molar-refractivity contribution in [3.8, 4) is 17.2 Å². The minimum absolute atomic E-state index is 0.152. The third-order valence-corrected chi connectivity index (χ3v) is 3.32. The highest BCUT2D eigenvalue weighted by molar-refractivity contribution is 5.97. The van der Waals surface area contributed by atoms with Crippen LogP contribution in [0.3, 0.4) is 0 Å². The highest BCUT2D eigenvalue weighted by Gasteiger charge is 2.27. The van der Waals surface area contributed by atoms with Crippen molar-refractivity contribution < 1.29 is 19.0 Å². The summed E-state index contributed by atoms with van der Waals surface area (Å²) in [5, 5.41) is 2.74. The topological polar surface area (TPSA) is 82.8 Å². The second-order valence-corrected chi connectivity index (χ2v) is 4.81. The van der Waals surface area contributed by atoms with E-state index in [1.807, 2.05) is 12.1 Å². The molecule has 0 aliphatic carbocycles. The number of nitrogens with two attached hydrogens (primary N) is 1. The van der Waals surface area contributed by atoms with Gasteiger partial charge in [-0.1, -0.05) is 12.1 Å². The molecule has 1 aliphatic rings. The average molecular weight is 300 g/mol. The molecule has 2 aromatic carbocycles. The maximum atomic E-state index is 12.3. The van der Waals surface area contributed by atoms with Gasteiger partial charge in [0, 0.05) is 6.07 Å². The second kappa shape index (κ2) is 5.85. The molecule has 6 nitrogen and oxygen atoms in total. The number of amides is 1. The van der Waals surface area contributed by atoms with Crippen LogP contribution >= 0.6 is 0 Å². The van der Waals surface area contributed by atoms with Crippen LogP contribution in [-0.2, 0) is 4.79 Å². The molecule has 1 unspecified atom stereocenters. The number of hydrogen-bond donors (Lipinski definition) is 2. The van der Waals surface area contributed by atoms with E-state index in [-0.39, 0.29) is 12.5 Å². The molecule has 1 aliphatic heterocycles. The van der Waals surface area contributed by atoms with Gasteiger partial charge >= 0.3 is 0 Å². The van der Waals surface area contributed by atoms with Crippen LogP contribution in [0.15, 0.2) is 42.5 Å². The van der Waals surface area contributed by atoms with Crippen LogP contribution in [0, 0.1) is 0 Å². The summed E-state index contributed by atoms with van der Waals surface area (Å²) in [6, 6.07) is 12.3. The number of para-hydroxylation sites is 2. The van der Waals surface area contributed by atoms with Gasteiger partial charge < -0.3 is 25.3 Å². The Hall–Kier alpha value is -2.89. The van der Waals surface area contributed by atoms with Crippen LogP contribution < -0.4 is 25.3 Å². The van der Waals surface area contributed by atoms with Crippen LogP contribution in [-0.4, -0.2) is 25.7 Å². The van der Waals surface area contributed by atoms with E-state index in [2.05, 4.69) is 5.32 Å². The molecule has 0 bridgehead atoms. The summed E-state index contributed by atoms with van der Waals surface area (Å²) in [5.74, 6) is 1.50. The summed E-state index contributed by atoms with van der Waals surface area (Å²) in [5.41, 5.74) is 6.81. The Morgan fingerprint density at radius 3 is 2.77 bits per heavy atom. The predicted molar refractivity (Wildman–Crippen MR) is 82.4 cm³/mol. The van der Waals surface area contributed by atoms with Crippen molar-refractivity contribution >= 4 is 17.3 Å². The number of carbonyl (C=O) groups is 1. The molecule has 22 heavy (non-hydrogen) atoms. The molecular weight excluding hydrogens is 284 g/mol. The quantitative estimate of drug-likeness (QED) is 0.848. The molecule has 6 heteroatoms. The molecular formula is C16H16N2O4. The van der Waals surface area contributed by atoms with Crippen molar-refractivity contribution in [3.63, 3.8) is 0 Å². The molecule has 2 aromatic rings. The van der Waals surface area contributed by atoms with Crippen LogP contribution in [0.25, 0.3) is 0 Å². The Labute approximate surface area is 127 Å². The van der Waals surface area contributed by atoms with E-state index >= 15 is 0 Å². The Balaban J connectivity index is 1.71. The molecule has 3 rings (SSSR count). The van der Waals surface area contributed by atoms with Crippen molar-refractivity contribution in [1.82, 2.24) is 0 Å². The molecule has 1 atom stereocenters. The Morgan fingerprint density at radius 2 is 2.05 bits per heavy atom. The number of rotatable bonds is 3. The van der Waals surface area contributed by atoms with E-state index < -0.39 is 6.10 Å². The van der Waals surface area contributed by atoms with Crippen LogP contribution in [0.1, 0.15) is 0 Å². The van der Waals surface area contributed by atoms with Gasteiger partial charge in [0.1, 0.15) is 12.4 Å². The summed E-state index contributed by atoms with van der Waals surface area (Å²) in [6.07, 6.45) is -0.726. The average Bonchev–Trinajstić information content (AvgIpc) is 2.56. The fourth-order valence-corrected chi connectivity index (χ4v) is 2.14. The van der Waals surface area contributed by atoms with Gasteiger partial charge in [-0.2, -0.15) is 0 Å². The predicted octanol–water partition coefficient (Wildman–Crippen LogP) is 2.06. The fraction of sp³-hybridized carbons (Fsp3) is 0.188. The van der Waals surface area contributed by atoms with Gasteiger partial charge in [0.25, 0.3) is 5.91 Å². The first-order valence-corrected chi connectivity index (χ1v) is 6.80. The highest BCUT2D eigenvalue weighted by atomic mass is 16.6. The van der Waals surface area contributed by atoms with Crippen molar-refractivity contribution in [1.29, 1.82) is 0 Å². The Kier molecular flexibility index (Phi) is 3.74. The first-order chi connectivity index (χ1) is 10.7. The molecule has 114 valence electrons. The third kappa shape index (κ3) is 2.76. The van der Waals surface area contributed by atoms with Crippen molar-refractivity contribution in [3.05, 3.63) is 42.5 Å². The number of carbonyl (C=O) groups excluding carboxylic acids is 1. The monoisotopic (exact) mass is 300 g/mol. The van der Waals surface area contributed by atoms with Gasteiger partial charge in [0.2, 0.25) is 6.10 Å². The van der Waals surface area contributed by atoms with Crippen LogP contribution in [0.4, 0.5) is 11.4 Å². The first-order valence-electron chi connectivity index (χ1n) is 6.80. The summed E-state index contributed by atoms with van der Waals surface area (Å²) >= 11 is 0. The maximum Gasteiger partial charge on any atom is 0.269 e. The zero-order valence-corrected chi connectivity index (χ0v) is 12.0. The Morgan fingerprint density at radius 1 is 1.27 bits per heavy atom. The van der Waals surface area contributed by atoms with E-state index in [1.165, 1.54) is 0 Å². The molecule has 0 spiro atoms. The lowest BCUT2D eigenvalue weighted by Crippen LogP contribution is -2.40. The molecule has 0 saturated heterocycles. The van der Waals surface area contributed by atoms with E-state index in [4.69, 9.17) is 19.9 Å². The maximum absolute atomic E-state index is 12.3.